The normalized spacial score (nSPS) is 13.0. The highest BCUT2D eigenvalue weighted by molar-refractivity contribution is 5.98. The Balaban J connectivity index is 1.84. The number of hydrogen-bond donors (Lipinski definition) is 0. The minimum absolute atomic E-state index is 0.0306. The number of carbonyl (C=O) groups is 1. The fourth-order valence-electron chi connectivity index (χ4n) is 2.13. The Hall–Kier alpha value is -2.87. The van der Waals surface area contributed by atoms with Crippen molar-refractivity contribution in [3.63, 3.8) is 0 Å². The van der Waals surface area contributed by atoms with E-state index >= 15 is 0 Å². The van der Waals surface area contributed by atoms with E-state index < -0.39 is 0 Å². The predicted molar refractivity (Wildman–Crippen MR) is 71.3 cm³/mol. The first-order chi connectivity index (χ1) is 9.67. The molecule has 2 heterocycles. The maximum atomic E-state index is 11.8. The summed E-state index contributed by atoms with van der Waals surface area (Å²) in [6.45, 7) is 0.589. The Labute approximate surface area is 116 Å². The molecule has 3 rings (SSSR count). The summed E-state index contributed by atoms with van der Waals surface area (Å²) in [4.78, 5) is 17.5. The summed E-state index contributed by atoms with van der Waals surface area (Å²) in [6, 6.07) is 10.6. The number of rotatable bonds is 2. The van der Waals surface area contributed by atoms with Crippen LogP contribution in [0.15, 0.2) is 36.5 Å². The van der Waals surface area contributed by atoms with Gasteiger partial charge in [0.05, 0.1) is 5.56 Å². The van der Waals surface area contributed by atoms with Crippen molar-refractivity contribution in [1.29, 1.82) is 5.26 Å². The predicted octanol–water partition coefficient (Wildman–Crippen LogP) is 2.33. The second-order valence-electron chi connectivity index (χ2n) is 4.58. The van der Waals surface area contributed by atoms with E-state index in [-0.39, 0.29) is 5.91 Å². The van der Waals surface area contributed by atoms with Crippen LogP contribution in [0.4, 0.5) is 0 Å². The van der Waals surface area contributed by atoms with Crippen LogP contribution in [0.3, 0.4) is 0 Å². The molecule has 0 radical (unpaired) electrons. The van der Waals surface area contributed by atoms with Crippen LogP contribution in [0.25, 0.3) is 0 Å². The number of nitrogens with zero attached hydrogens (tertiary/aromatic N) is 3. The molecule has 20 heavy (non-hydrogen) atoms. The van der Waals surface area contributed by atoms with E-state index in [2.05, 4.69) is 4.98 Å². The van der Waals surface area contributed by atoms with Gasteiger partial charge < -0.3 is 9.64 Å². The fraction of sp³-hybridized carbons (Fsp3) is 0.133. The molecule has 0 saturated carbocycles. The van der Waals surface area contributed by atoms with Gasteiger partial charge in [-0.25, -0.2) is 4.98 Å². The van der Waals surface area contributed by atoms with Crippen LogP contribution in [0, 0.1) is 11.3 Å². The van der Waals surface area contributed by atoms with E-state index in [1.54, 1.807) is 36.2 Å². The van der Waals surface area contributed by atoms with Gasteiger partial charge in [-0.1, -0.05) is 0 Å². The summed E-state index contributed by atoms with van der Waals surface area (Å²) in [5, 5.41) is 8.71. The molecule has 0 saturated heterocycles. The number of amides is 1. The molecule has 0 unspecified atom stereocenters. The molecule has 1 amide bonds. The zero-order chi connectivity index (χ0) is 14.1. The number of nitriles is 1. The molecule has 0 spiro atoms. The van der Waals surface area contributed by atoms with Gasteiger partial charge in [-0.15, -0.1) is 0 Å². The zero-order valence-corrected chi connectivity index (χ0v) is 10.8. The summed E-state index contributed by atoms with van der Waals surface area (Å²) < 4.78 is 5.62. The molecule has 0 fully saturated rings. The molecule has 5 nitrogen and oxygen atoms in total. The average molecular weight is 265 g/mol. The molecular formula is C15H11N3O2. The molecular weight excluding hydrogens is 254 g/mol. The van der Waals surface area contributed by atoms with Crippen LogP contribution in [0.1, 0.15) is 21.5 Å². The third-order valence-electron chi connectivity index (χ3n) is 3.15. The van der Waals surface area contributed by atoms with Crippen molar-refractivity contribution in [2.75, 3.05) is 7.05 Å². The third kappa shape index (κ3) is 2.08. The van der Waals surface area contributed by atoms with Crippen molar-refractivity contribution in [3.05, 3.63) is 53.2 Å². The molecule has 0 aliphatic carbocycles. The van der Waals surface area contributed by atoms with Crippen LogP contribution < -0.4 is 4.74 Å². The van der Waals surface area contributed by atoms with Crippen molar-refractivity contribution in [3.8, 4) is 17.7 Å². The van der Waals surface area contributed by atoms with Crippen molar-refractivity contribution in [1.82, 2.24) is 9.88 Å². The largest absolute Gasteiger partial charge is 0.439 e. The molecule has 0 atom stereocenters. The van der Waals surface area contributed by atoms with Crippen LogP contribution in [0.5, 0.6) is 11.6 Å². The smallest absolute Gasteiger partial charge is 0.254 e. The van der Waals surface area contributed by atoms with Crippen molar-refractivity contribution in [2.24, 2.45) is 0 Å². The molecule has 1 aromatic carbocycles. The number of ether oxygens (including phenoxy) is 1. The van der Waals surface area contributed by atoms with Gasteiger partial charge >= 0.3 is 0 Å². The Morgan fingerprint density at radius 1 is 1.35 bits per heavy atom. The van der Waals surface area contributed by atoms with Gasteiger partial charge in [-0.3, -0.25) is 4.79 Å². The fourth-order valence-corrected chi connectivity index (χ4v) is 2.13. The Morgan fingerprint density at radius 3 is 2.90 bits per heavy atom. The zero-order valence-electron chi connectivity index (χ0n) is 10.8. The lowest BCUT2D eigenvalue weighted by Crippen LogP contribution is -2.17. The molecule has 0 bridgehead atoms. The van der Waals surface area contributed by atoms with Gasteiger partial charge in [-0.2, -0.15) is 5.26 Å². The van der Waals surface area contributed by atoms with Crippen LogP contribution in [-0.4, -0.2) is 22.8 Å². The Morgan fingerprint density at radius 2 is 2.20 bits per heavy atom. The number of fused-ring (bicyclic) bond motifs is 1. The Kier molecular flexibility index (Phi) is 2.84. The van der Waals surface area contributed by atoms with Gasteiger partial charge in [0, 0.05) is 31.4 Å². The van der Waals surface area contributed by atoms with E-state index in [9.17, 15) is 4.79 Å². The Bertz CT molecular complexity index is 717. The number of aromatic nitrogens is 1. The van der Waals surface area contributed by atoms with E-state index in [0.717, 1.165) is 5.56 Å². The van der Waals surface area contributed by atoms with Crippen LogP contribution in [0.2, 0.25) is 0 Å². The number of benzene rings is 1. The van der Waals surface area contributed by atoms with Crippen molar-refractivity contribution < 1.29 is 9.53 Å². The maximum Gasteiger partial charge on any atom is 0.254 e. The summed E-state index contributed by atoms with van der Waals surface area (Å²) in [5.41, 5.74) is 2.15. The topological polar surface area (TPSA) is 66.2 Å². The first-order valence-corrected chi connectivity index (χ1v) is 6.10. The van der Waals surface area contributed by atoms with Gasteiger partial charge in [-0.05, 0) is 29.8 Å². The van der Waals surface area contributed by atoms with E-state index in [1.165, 1.54) is 6.20 Å². The summed E-state index contributed by atoms with van der Waals surface area (Å²) in [7, 11) is 1.77. The monoisotopic (exact) mass is 265 g/mol. The lowest BCUT2D eigenvalue weighted by atomic mass is 10.1. The quantitative estimate of drug-likeness (QED) is 0.835. The van der Waals surface area contributed by atoms with Crippen LogP contribution >= 0.6 is 0 Å². The number of pyridine rings is 1. The molecule has 1 aliphatic rings. The third-order valence-corrected chi connectivity index (χ3v) is 3.15. The van der Waals surface area contributed by atoms with Gasteiger partial charge in [0.2, 0.25) is 5.88 Å². The highest BCUT2D eigenvalue weighted by Gasteiger charge is 2.24. The summed E-state index contributed by atoms with van der Waals surface area (Å²) in [5.74, 6) is 1.08. The lowest BCUT2D eigenvalue weighted by Gasteiger charge is -2.06. The van der Waals surface area contributed by atoms with Gasteiger partial charge in [0.1, 0.15) is 11.8 Å². The second kappa shape index (κ2) is 4.67. The first-order valence-electron chi connectivity index (χ1n) is 6.10. The van der Waals surface area contributed by atoms with Crippen molar-refractivity contribution >= 4 is 5.91 Å². The molecule has 5 heteroatoms. The van der Waals surface area contributed by atoms with E-state index in [4.69, 9.17) is 10.00 Å². The highest BCUT2D eigenvalue weighted by atomic mass is 16.5. The maximum absolute atomic E-state index is 11.8. The minimum Gasteiger partial charge on any atom is -0.439 e. The molecule has 1 aliphatic heterocycles. The standard InChI is InChI=1S/C15H11N3O2/c1-18-9-11-6-12(3-4-13(11)15(18)19)20-14-5-2-10(7-16)8-17-14/h2-6,8H,9H2,1H3. The van der Waals surface area contributed by atoms with E-state index in [0.29, 0.717) is 29.3 Å². The SMILES string of the molecule is CN1Cc2cc(Oc3ccc(C#N)cn3)ccc2C1=O. The number of hydrogen-bond acceptors (Lipinski definition) is 4. The van der Waals surface area contributed by atoms with Gasteiger partial charge in [0.15, 0.2) is 0 Å². The highest BCUT2D eigenvalue weighted by Crippen LogP contribution is 2.27. The molecule has 98 valence electrons. The van der Waals surface area contributed by atoms with Crippen LogP contribution in [-0.2, 0) is 6.54 Å². The summed E-state index contributed by atoms with van der Waals surface area (Å²) >= 11 is 0. The average Bonchev–Trinajstić information content (AvgIpc) is 2.74. The second-order valence-corrected chi connectivity index (χ2v) is 4.58. The first kappa shape index (κ1) is 12.2. The van der Waals surface area contributed by atoms with E-state index in [1.807, 2.05) is 12.1 Å². The summed E-state index contributed by atoms with van der Waals surface area (Å²) in [6.07, 6.45) is 1.46. The molecule has 0 N–H and O–H groups in total. The number of carbonyl (C=O) groups excluding carboxylic acids is 1. The van der Waals surface area contributed by atoms with Crippen molar-refractivity contribution in [2.45, 2.75) is 6.54 Å². The minimum atomic E-state index is 0.0306. The molecule has 1 aromatic heterocycles. The molecule has 2 aromatic rings. The lowest BCUT2D eigenvalue weighted by molar-refractivity contribution is 0.0816. The van der Waals surface area contributed by atoms with Gasteiger partial charge in [0.25, 0.3) is 5.91 Å².